The smallest absolute Gasteiger partial charge is 0.271 e. The quantitative estimate of drug-likeness (QED) is 0.387. The second-order valence-corrected chi connectivity index (χ2v) is 6.89. The molecule has 27 heavy (non-hydrogen) atoms. The van der Waals surface area contributed by atoms with Gasteiger partial charge in [0.05, 0.1) is 11.2 Å². The molecule has 0 saturated heterocycles. The molecule has 0 aliphatic carbocycles. The first kappa shape index (κ1) is 19.1. The van der Waals surface area contributed by atoms with Crippen LogP contribution in [0.3, 0.4) is 0 Å². The van der Waals surface area contributed by atoms with Gasteiger partial charge in [0.15, 0.2) is 5.16 Å². The topological polar surface area (TPSA) is 72.2 Å². The van der Waals surface area contributed by atoms with E-state index in [9.17, 15) is 9.18 Å². The van der Waals surface area contributed by atoms with Gasteiger partial charge in [0, 0.05) is 23.9 Å². The summed E-state index contributed by atoms with van der Waals surface area (Å²) in [5.74, 6) is -0.199. The van der Waals surface area contributed by atoms with E-state index in [0.29, 0.717) is 11.3 Å². The molecule has 6 nitrogen and oxygen atoms in total. The van der Waals surface area contributed by atoms with Gasteiger partial charge in [0.1, 0.15) is 12.1 Å². The van der Waals surface area contributed by atoms with Crippen LogP contribution in [0.5, 0.6) is 0 Å². The molecule has 1 heterocycles. The van der Waals surface area contributed by atoms with E-state index < -0.39 is 11.7 Å². The summed E-state index contributed by atoms with van der Waals surface area (Å²) in [6, 6.07) is 11.4. The van der Waals surface area contributed by atoms with Gasteiger partial charge in [-0.25, -0.2) is 9.82 Å². The number of hydrazone groups is 1. The molecule has 0 aliphatic rings. The predicted molar refractivity (Wildman–Crippen MR) is 103 cm³/mol. The summed E-state index contributed by atoms with van der Waals surface area (Å²) in [5, 5.41) is 12.6. The van der Waals surface area contributed by atoms with Crippen molar-refractivity contribution < 1.29 is 9.18 Å². The number of aryl methyl sites for hydroxylation is 1. The Labute approximate surface area is 164 Å². The standard InChI is InChI=1S/C18H15ClFN5OS/c1-25-11-22-24-18(25)27-10-12-5-7-13(8-6-12)17(26)23-21-9-14-15(19)3-2-4-16(14)20/h2-9,11H,10H2,1H3,(H,23,26)/b21-9-. The van der Waals surface area contributed by atoms with Crippen LogP contribution in [0.25, 0.3) is 0 Å². The number of carbonyl (C=O) groups is 1. The molecule has 0 atom stereocenters. The van der Waals surface area contributed by atoms with Gasteiger partial charge in [-0.2, -0.15) is 5.10 Å². The molecular formula is C18H15ClFN5OS. The molecule has 2 aromatic carbocycles. The highest BCUT2D eigenvalue weighted by Gasteiger charge is 2.07. The molecule has 0 aliphatic heterocycles. The van der Waals surface area contributed by atoms with Gasteiger partial charge in [-0.15, -0.1) is 10.2 Å². The van der Waals surface area contributed by atoms with Gasteiger partial charge < -0.3 is 4.57 Å². The first-order valence-corrected chi connectivity index (χ1v) is 9.24. The number of hydrogen-bond donors (Lipinski definition) is 1. The van der Waals surface area contributed by atoms with Crippen LogP contribution in [0.1, 0.15) is 21.5 Å². The lowest BCUT2D eigenvalue weighted by molar-refractivity contribution is 0.0955. The number of amides is 1. The number of benzene rings is 2. The van der Waals surface area contributed by atoms with Crippen molar-refractivity contribution >= 4 is 35.5 Å². The zero-order valence-corrected chi connectivity index (χ0v) is 15.8. The average Bonchev–Trinajstić information content (AvgIpc) is 3.07. The number of nitrogens with zero attached hydrogens (tertiary/aromatic N) is 4. The molecule has 1 N–H and O–H groups in total. The van der Waals surface area contributed by atoms with E-state index >= 15 is 0 Å². The maximum atomic E-state index is 13.6. The van der Waals surface area contributed by atoms with Gasteiger partial charge in [0.2, 0.25) is 0 Å². The van der Waals surface area contributed by atoms with Gasteiger partial charge in [-0.1, -0.05) is 41.6 Å². The zero-order valence-electron chi connectivity index (χ0n) is 14.3. The average molecular weight is 404 g/mol. The minimum Gasteiger partial charge on any atom is -0.312 e. The summed E-state index contributed by atoms with van der Waals surface area (Å²) in [5.41, 5.74) is 3.97. The summed E-state index contributed by atoms with van der Waals surface area (Å²) in [7, 11) is 1.88. The van der Waals surface area contributed by atoms with Crippen LogP contribution >= 0.6 is 23.4 Å². The van der Waals surface area contributed by atoms with Gasteiger partial charge >= 0.3 is 0 Å². The Morgan fingerprint density at radius 2 is 2.11 bits per heavy atom. The number of carbonyl (C=O) groups excluding carboxylic acids is 1. The van der Waals surface area contributed by atoms with Crippen molar-refractivity contribution in [3.05, 3.63) is 76.3 Å². The number of halogens is 2. The first-order valence-electron chi connectivity index (χ1n) is 7.88. The summed E-state index contributed by atoms with van der Waals surface area (Å²) in [6.07, 6.45) is 2.83. The molecule has 0 radical (unpaired) electrons. The molecule has 0 fully saturated rings. The minimum absolute atomic E-state index is 0.121. The molecule has 0 spiro atoms. The molecule has 1 amide bonds. The van der Waals surface area contributed by atoms with E-state index in [0.717, 1.165) is 10.7 Å². The fraction of sp³-hybridized carbons (Fsp3) is 0.111. The van der Waals surface area contributed by atoms with Gasteiger partial charge in [-0.05, 0) is 29.8 Å². The van der Waals surface area contributed by atoms with Crippen molar-refractivity contribution in [2.45, 2.75) is 10.9 Å². The predicted octanol–water partition coefficient (Wildman–Crippen LogP) is 3.66. The third kappa shape index (κ3) is 4.93. The van der Waals surface area contributed by atoms with Crippen molar-refractivity contribution in [1.29, 1.82) is 0 Å². The Morgan fingerprint density at radius 3 is 2.78 bits per heavy atom. The van der Waals surface area contributed by atoms with Crippen molar-refractivity contribution in [2.75, 3.05) is 0 Å². The van der Waals surface area contributed by atoms with E-state index in [1.54, 1.807) is 36.3 Å². The van der Waals surface area contributed by atoms with Crippen molar-refractivity contribution in [3.8, 4) is 0 Å². The molecular weight excluding hydrogens is 389 g/mol. The Morgan fingerprint density at radius 1 is 1.33 bits per heavy atom. The largest absolute Gasteiger partial charge is 0.312 e. The molecule has 9 heteroatoms. The van der Waals surface area contributed by atoms with Crippen LogP contribution in [0.4, 0.5) is 4.39 Å². The minimum atomic E-state index is -0.509. The third-order valence-corrected chi connectivity index (χ3v) is 5.05. The molecule has 0 saturated carbocycles. The highest BCUT2D eigenvalue weighted by atomic mass is 35.5. The molecule has 0 bridgehead atoms. The van der Waals surface area contributed by atoms with Crippen molar-refractivity contribution in [1.82, 2.24) is 20.2 Å². The van der Waals surface area contributed by atoms with Crippen LogP contribution in [0.2, 0.25) is 5.02 Å². The van der Waals surface area contributed by atoms with E-state index in [-0.39, 0.29) is 10.6 Å². The number of rotatable bonds is 6. The summed E-state index contributed by atoms with van der Waals surface area (Å²) in [4.78, 5) is 12.1. The molecule has 3 aromatic rings. The molecule has 3 rings (SSSR count). The van der Waals surface area contributed by atoms with Crippen LogP contribution in [-0.2, 0) is 12.8 Å². The maximum Gasteiger partial charge on any atom is 0.271 e. The Bertz CT molecular complexity index is 954. The number of aromatic nitrogens is 3. The lowest BCUT2D eigenvalue weighted by atomic mass is 10.1. The maximum absolute atomic E-state index is 13.6. The lowest BCUT2D eigenvalue weighted by Crippen LogP contribution is -2.17. The Kier molecular flexibility index (Phi) is 6.20. The highest BCUT2D eigenvalue weighted by Crippen LogP contribution is 2.20. The van der Waals surface area contributed by atoms with Crippen LogP contribution in [-0.4, -0.2) is 26.9 Å². The fourth-order valence-electron chi connectivity index (χ4n) is 2.16. The highest BCUT2D eigenvalue weighted by molar-refractivity contribution is 7.98. The molecule has 138 valence electrons. The monoisotopic (exact) mass is 403 g/mol. The SMILES string of the molecule is Cn1cnnc1SCc1ccc(C(=O)N/N=C\c2c(F)cccc2Cl)cc1. The van der Waals surface area contributed by atoms with E-state index in [1.165, 1.54) is 18.3 Å². The number of nitrogens with one attached hydrogen (secondary N) is 1. The van der Waals surface area contributed by atoms with Crippen molar-refractivity contribution in [2.24, 2.45) is 12.1 Å². The normalized spacial score (nSPS) is 11.1. The zero-order chi connectivity index (χ0) is 19.2. The Balaban J connectivity index is 1.57. The van der Waals surface area contributed by atoms with E-state index in [4.69, 9.17) is 11.6 Å². The second kappa shape index (κ2) is 8.79. The first-order chi connectivity index (χ1) is 13.0. The summed E-state index contributed by atoms with van der Waals surface area (Å²) >= 11 is 7.45. The lowest BCUT2D eigenvalue weighted by Gasteiger charge is -2.04. The summed E-state index contributed by atoms with van der Waals surface area (Å²) < 4.78 is 15.5. The van der Waals surface area contributed by atoms with Gasteiger partial charge in [-0.3, -0.25) is 4.79 Å². The number of thioether (sulfide) groups is 1. The van der Waals surface area contributed by atoms with Crippen molar-refractivity contribution in [3.63, 3.8) is 0 Å². The van der Waals surface area contributed by atoms with Crippen LogP contribution < -0.4 is 5.43 Å². The molecule has 1 aromatic heterocycles. The Hall–Kier alpha value is -2.71. The van der Waals surface area contributed by atoms with E-state index in [1.807, 2.05) is 23.7 Å². The van der Waals surface area contributed by atoms with Crippen LogP contribution in [0.15, 0.2) is 59.0 Å². The van der Waals surface area contributed by atoms with Gasteiger partial charge in [0.25, 0.3) is 5.91 Å². The second-order valence-electron chi connectivity index (χ2n) is 5.54. The number of hydrogen-bond acceptors (Lipinski definition) is 5. The van der Waals surface area contributed by atoms with Crippen LogP contribution in [0, 0.1) is 5.82 Å². The third-order valence-electron chi connectivity index (χ3n) is 3.61. The van der Waals surface area contributed by atoms with E-state index in [2.05, 4.69) is 20.7 Å². The molecule has 0 unspecified atom stereocenters. The summed E-state index contributed by atoms with van der Waals surface area (Å²) in [6.45, 7) is 0. The fourth-order valence-corrected chi connectivity index (χ4v) is 3.21.